The fraction of sp³-hybridized carbons (Fsp3) is 0.278. The van der Waals surface area contributed by atoms with E-state index in [2.05, 4.69) is 22.1 Å². The molecule has 0 amide bonds. The molecule has 1 aliphatic rings. The molecule has 0 N–H and O–H groups in total. The van der Waals surface area contributed by atoms with Crippen molar-refractivity contribution in [1.82, 2.24) is 9.21 Å². The van der Waals surface area contributed by atoms with Crippen LogP contribution in [-0.4, -0.2) is 36.8 Å². The fourth-order valence-corrected chi connectivity index (χ4v) is 5.24. The predicted molar refractivity (Wildman–Crippen MR) is 98.9 cm³/mol. The molecule has 25 heavy (non-hydrogen) atoms. The quantitative estimate of drug-likeness (QED) is 0.697. The van der Waals surface area contributed by atoms with Crippen molar-refractivity contribution in [2.24, 2.45) is 0 Å². The minimum absolute atomic E-state index is 0.219. The maximum atomic E-state index is 13.3. The zero-order valence-electron chi connectivity index (χ0n) is 13.5. The maximum absolute atomic E-state index is 13.3. The summed E-state index contributed by atoms with van der Waals surface area (Å²) in [5.74, 6) is 0. The van der Waals surface area contributed by atoms with E-state index >= 15 is 0 Å². The Balaban J connectivity index is 1.97. The average molecular weight is 420 g/mol. The smallest absolute Gasteiger partial charge is 0.243 e. The van der Waals surface area contributed by atoms with E-state index < -0.39 is 10.0 Å². The third kappa shape index (κ3) is 4.03. The number of nitrogens with zero attached hydrogens (tertiary/aromatic N) is 3. The highest BCUT2D eigenvalue weighted by molar-refractivity contribution is 9.10. The van der Waals surface area contributed by atoms with E-state index in [1.165, 1.54) is 4.31 Å². The zero-order valence-corrected chi connectivity index (χ0v) is 15.9. The number of sulfonamides is 1. The second kappa shape index (κ2) is 7.56. The minimum Gasteiger partial charge on any atom is -0.309 e. The molecule has 1 fully saturated rings. The Kier molecular flexibility index (Phi) is 5.42. The van der Waals surface area contributed by atoms with Crippen molar-refractivity contribution in [3.8, 4) is 6.19 Å². The normalized spacial score (nSPS) is 17.6. The van der Waals surface area contributed by atoms with Gasteiger partial charge in [-0.2, -0.15) is 9.57 Å². The predicted octanol–water partition coefficient (Wildman–Crippen LogP) is 3.20. The molecule has 1 saturated heterocycles. The first kappa shape index (κ1) is 17.9. The standard InChI is InChI=1S/C18H18BrN3O2S/c19-16-7-4-8-18(11-16)25(23,24)22(12-15-5-2-1-3-6-15)17-9-10-21(13-17)14-20/h1-8,11,17H,9-10,12-13H2/t17-/m1/s1. The molecule has 0 radical (unpaired) electrons. The van der Waals surface area contributed by atoms with E-state index in [0.717, 1.165) is 10.0 Å². The van der Waals surface area contributed by atoms with Crippen LogP contribution in [0.1, 0.15) is 12.0 Å². The van der Waals surface area contributed by atoms with Gasteiger partial charge in [-0.15, -0.1) is 0 Å². The Morgan fingerprint density at radius 1 is 1.20 bits per heavy atom. The molecular weight excluding hydrogens is 402 g/mol. The van der Waals surface area contributed by atoms with Gasteiger partial charge in [-0.05, 0) is 30.2 Å². The summed E-state index contributed by atoms with van der Waals surface area (Å²) >= 11 is 3.34. The molecule has 1 aliphatic heterocycles. The van der Waals surface area contributed by atoms with E-state index in [1.54, 1.807) is 29.2 Å². The first-order valence-electron chi connectivity index (χ1n) is 7.97. The average Bonchev–Trinajstić information content (AvgIpc) is 3.09. The molecule has 130 valence electrons. The van der Waals surface area contributed by atoms with Crippen LogP contribution in [-0.2, 0) is 16.6 Å². The first-order chi connectivity index (χ1) is 12.0. The Labute approximate surface area is 156 Å². The largest absolute Gasteiger partial charge is 0.309 e. The van der Waals surface area contributed by atoms with E-state index in [0.29, 0.717) is 26.1 Å². The van der Waals surface area contributed by atoms with Crippen molar-refractivity contribution in [3.63, 3.8) is 0 Å². The molecule has 0 aliphatic carbocycles. The lowest BCUT2D eigenvalue weighted by molar-refractivity contribution is 0.314. The van der Waals surface area contributed by atoms with Crippen molar-refractivity contribution in [1.29, 1.82) is 5.26 Å². The van der Waals surface area contributed by atoms with Crippen LogP contribution in [0.2, 0.25) is 0 Å². The lowest BCUT2D eigenvalue weighted by Gasteiger charge is -2.28. The number of halogens is 1. The molecule has 2 aromatic carbocycles. The molecule has 7 heteroatoms. The molecule has 3 rings (SSSR count). The number of hydrogen-bond donors (Lipinski definition) is 0. The monoisotopic (exact) mass is 419 g/mol. The molecule has 2 aromatic rings. The summed E-state index contributed by atoms with van der Waals surface area (Å²) in [4.78, 5) is 1.87. The molecule has 0 unspecified atom stereocenters. The summed E-state index contributed by atoms with van der Waals surface area (Å²) in [5.41, 5.74) is 0.927. The number of nitriles is 1. The lowest BCUT2D eigenvalue weighted by atomic mass is 10.2. The van der Waals surface area contributed by atoms with Crippen LogP contribution >= 0.6 is 15.9 Å². The number of benzene rings is 2. The molecule has 0 aromatic heterocycles. The third-order valence-electron chi connectivity index (χ3n) is 4.30. The van der Waals surface area contributed by atoms with Gasteiger partial charge < -0.3 is 4.90 Å². The highest BCUT2D eigenvalue weighted by Crippen LogP contribution is 2.27. The van der Waals surface area contributed by atoms with Crippen LogP contribution in [0.15, 0.2) is 64.0 Å². The summed E-state index contributed by atoms with van der Waals surface area (Å²) in [6, 6.07) is 16.1. The lowest BCUT2D eigenvalue weighted by Crippen LogP contribution is -2.41. The molecular formula is C18H18BrN3O2S. The summed E-state index contributed by atoms with van der Waals surface area (Å²) in [7, 11) is -3.67. The molecule has 1 atom stereocenters. The van der Waals surface area contributed by atoms with Crippen LogP contribution in [0.5, 0.6) is 0 Å². The van der Waals surface area contributed by atoms with Gasteiger partial charge in [0, 0.05) is 30.1 Å². The Morgan fingerprint density at radius 3 is 2.60 bits per heavy atom. The van der Waals surface area contributed by atoms with Crippen molar-refractivity contribution < 1.29 is 8.42 Å². The van der Waals surface area contributed by atoms with Crippen LogP contribution in [0.25, 0.3) is 0 Å². The zero-order chi connectivity index (χ0) is 17.9. The number of rotatable bonds is 5. The second-order valence-electron chi connectivity index (χ2n) is 5.98. The molecule has 0 bridgehead atoms. The van der Waals surface area contributed by atoms with Gasteiger partial charge in [0.05, 0.1) is 4.90 Å². The van der Waals surface area contributed by atoms with Crippen molar-refractivity contribution in [2.45, 2.75) is 23.9 Å². The Bertz CT molecular complexity index is 881. The Hall–Kier alpha value is -1.88. The van der Waals surface area contributed by atoms with Crippen molar-refractivity contribution >= 4 is 26.0 Å². The van der Waals surface area contributed by atoms with Crippen LogP contribution in [0, 0.1) is 11.5 Å². The van der Waals surface area contributed by atoms with Gasteiger partial charge in [0.25, 0.3) is 0 Å². The van der Waals surface area contributed by atoms with Gasteiger partial charge in [0.1, 0.15) is 0 Å². The van der Waals surface area contributed by atoms with E-state index in [1.807, 2.05) is 30.3 Å². The number of hydrogen-bond acceptors (Lipinski definition) is 4. The molecule has 1 heterocycles. The van der Waals surface area contributed by atoms with Gasteiger partial charge in [-0.25, -0.2) is 8.42 Å². The molecule has 0 spiro atoms. The summed E-state index contributed by atoms with van der Waals surface area (Å²) < 4.78 is 28.8. The van der Waals surface area contributed by atoms with Gasteiger partial charge in [-0.1, -0.05) is 52.3 Å². The summed E-state index contributed by atoms with van der Waals surface area (Å²) in [6.07, 6.45) is 2.76. The Morgan fingerprint density at radius 2 is 1.96 bits per heavy atom. The molecule has 0 saturated carbocycles. The van der Waals surface area contributed by atoms with Crippen molar-refractivity contribution in [2.75, 3.05) is 13.1 Å². The van der Waals surface area contributed by atoms with Gasteiger partial charge in [0.2, 0.25) is 10.0 Å². The highest BCUT2D eigenvalue weighted by atomic mass is 79.9. The fourth-order valence-electron chi connectivity index (χ4n) is 3.00. The maximum Gasteiger partial charge on any atom is 0.243 e. The van der Waals surface area contributed by atoms with Gasteiger partial charge >= 0.3 is 0 Å². The highest BCUT2D eigenvalue weighted by Gasteiger charge is 2.35. The summed E-state index contributed by atoms with van der Waals surface area (Å²) in [5, 5.41) is 9.11. The minimum atomic E-state index is -3.67. The van der Waals surface area contributed by atoms with E-state index in [4.69, 9.17) is 5.26 Å². The third-order valence-corrected chi connectivity index (χ3v) is 6.68. The SMILES string of the molecule is N#CN1CC[C@@H](N(Cc2ccccc2)S(=O)(=O)c2cccc(Br)c2)C1. The van der Waals surface area contributed by atoms with Gasteiger partial charge in [-0.3, -0.25) is 0 Å². The van der Waals surface area contributed by atoms with E-state index in [9.17, 15) is 8.42 Å². The van der Waals surface area contributed by atoms with Gasteiger partial charge in [0.15, 0.2) is 6.19 Å². The molecule has 5 nitrogen and oxygen atoms in total. The van der Waals surface area contributed by atoms with Crippen LogP contribution < -0.4 is 0 Å². The van der Waals surface area contributed by atoms with Crippen LogP contribution in [0.3, 0.4) is 0 Å². The second-order valence-corrected chi connectivity index (χ2v) is 8.79. The van der Waals surface area contributed by atoms with Crippen LogP contribution in [0.4, 0.5) is 0 Å². The number of likely N-dealkylation sites (tertiary alicyclic amines) is 1. The van der Waals surface area contributed by atoms with E-state index in [-0.39, 0.29) is 10.9 Å². The topological polar surface area (TPSA) is 64.4 Å². The first-order valence-corrected chi connectivity index (χ1v) is 10.2. The summed E-state index contributed by atoms with van der Waals surface area (Å²) in [6.45, 7) is 1.30. The van der Waals surface area contributed by atoms with Crippen molar-refractivity contribution in [3.05, 3.63) is 64.6 Å².